The molecular weight excluding hydrogens is 1180 g/mol. The number of hydrogen-bond acceptors (Lipinski definition) is 16. The quantitative estimate of drug-likeness (QED) is 0.105. The van der Waals surface area contributed by atoms with E-state index in [1.165, 1.54) is 160 Å². The predicted molar refractivity (Wildman–Crippen MR) is 394 cm³/mol. The number of piperidine rings is 3. The van der Waals surface area contributed by atoms with Crippen molar-refractivity contribution < 1.29 is 52.5 Å². The maximum atomic E-state index is 10.4. The summed E-state index contributed by atoms with van der Waals surface area (Å²) >= 11 is 0. The van der Waals surface area contributed by atoms with Crippen molar-refractivity contribution in [2.24, 2.45) is 23.7 Å². The van der Waals surface area contributed by atoms with Crippen LogP contribution in [0.3, 0.4) is 0 Å². The largest absolute Gasteiger partial charge is 0.396 e. The SMILES string of the molecule is CC1CCN(C)CC1.CC1CCNCC1.CC1CCOCC1.CCC(C)(C)O.CCC(O)CO.CCC1CCCOC1.CCC1COCCN1Cc1ccccc1.CCC1COCCO1.CCCCS(C)(=O)=O.CCCN(C)C.CCCN1CCCCC1.CCCO. The number of hydrogen-bond donors (Lipinski definition) is 5. The number of morpholine rings is 1. The molecular formula is C75H157N5O11S. The van der Waals surface area contributed by atoms with Crippen LogP contribution in [0.2, 0.25) is 0 Å². The molecule has 7 heterocycles. The zero-order chi connectivity index (χ0) is 70.1. The highest BCUT2D eigenvalue weighted by Gasteiger charge is 2.21. The van der Waals surface area contributed by atoms with E-state index in [4.69, 9.17) is 44.1 Å². The number of likely N-dealkylation sites (tertiary alicyclic amines) is 2. The molecule has 7 aliphatic heterocycles. The average molecular weight is 1340 g/mol. The number of unbranched alkanes of at least 4 members (excludes halogenated alkanes) is 1. The van der Waals surface area contributed by atoms with Crippen molar-refractivity contribution in [1.29, 1.82) is 0 Å². The first-order chi connectivity index (χ1) is 43.9. The molecule has 7 aliphatic rings. The van der Waals surface area contributed by atoms with E-state index in [0.29, 0.717) is 30.9 Å². The summed E-state index contributed by atoms with van der Waals surface area (Å²) in [4.78, 5) is 9.68. The Morgan fingerprint density at radius 1 is 0.641 bits per heavy atom. The van der Waals surface area contributed by atoms with Crippen LogP contribution in [0.25, 0.3) is 0 Å². The van der Waals surface area contributed by atoms with Crippen LogP contribution in [0.15, 0.2) is 30.3 Å². The van der Waals surface area contributed by atoms with Crippen molar-refractivity contribution in [1.82, 2.24) is 24.9 Å². The van der Waals surface area contributed by atoms with Crippen LogP contribution in [0, 0.1) is 23.7 Å². The van der Waals surface area contributed by atoms with Gasteiger partial charge in [0.2, 0.25) is 0 Å². The van der Waals surface area contributed by atoms with Gasteiger partial charge in [-0.25, -0.2) is 8.42 Å². The van der Waals surface area contributed by atoms with Crippen molar-refractivity contribution in [3.63, 3.8) is 0 Å². The fourth-order valence-electron chi connectivity index (χ4n) is 9.39. The minimum absolute atomic E-state index is 0.115. The monoisotopic (exact) mass is 1340 g/mol. The smallest absolute Gasteiger partial charge is 0.147 e. The summed E-state index contributed by atoms with van der Waals surface area (Å²) in [6.07, 6.45) is 26.4. The van der Waals surface area contributed by atoms with Crippen molar-refractivity contribution in [2.45, 2.75) is 262 Å². The summed E-state index contributed by atoms with van der Waals surface area (Å²) in [5.41, 5.74) is 0.942. The average Bonchev–Trinajstić information content (AvgIpc) is 1.73. The Kier molecular flexibility index (Phi) is 73.3. The number of aliphatic hydroxyl groups excluding tert-OH is 3. The molecule has 1 aromatic carbocycles. The van der Waals surface area contributed by atoms with Gasteiger partial charge in [-0.1, -0.05) is 133 Å². The molecule has 0 bridgehead atoms. The molecule has 0 spiro atoms. The lowest BCUT2D eigenvalue weighted by atomic mass is 10.00. The second kappa shape index (κ2) is 69.5. The van der Waals surface area contributed by atoms with E-state index in [0.717, 1.165) is 128 Å². The van der Waals surface area contributed by atoms with E-state index >= 15 is 0 Å². The number of benzene rings is 1. The fraction of sp³-hybridized carbons (Fsp3) is 0.920. The Balaban J connectivity index is -0.000000466. The van der Waals surface area contributed by atoms with Gasteiger partial charge in [-0.15, -0.1) is 0 Å². The van der Waals surface area contributed by atoms with Gasteiger partial charge in [-0.2, -0.15) is 0 Å². The van der Waals surface area contributed by atoms with Crippen molar-refractivity contribution in [3.8, 4) is 0 Å². The molecule has 4 unspecified atom stereocenters. The fourth-order valence-corrected chi connectivity index (χ4v) is 10.2. The number of nitrogens with zero attached hydrogens (tertiary/aromatic N) is 4. The lowest BCUT2D eigenvalue weighted by Crippen LogP contribution is -2.44. The molecule has 17 heteroatoms. The third-order valence-corrected chi connectivity index (χ3v) is 17.7. The third-order valence-electron chi connectivity index (χ3n) is 16.7. The van der Waals surface area contributed by atoms with E-state index in [2.05, 4.69) is 132 Å². The molecule has 0 aromatic heterocycles. The molecule has 0 aliphatic carbocycles. The second-order valence-corrected chi connectivity index (χ2v) is 29.4. The third kappa shape index (κ3) is 72.9. The molecule has 1 aromatic rings. The number of nitrogens with one attached hydrogen (secondary N) is 1. The molecule has 0 saturated carbocycles. The molecule has 8 rings (SSSR count). The van der Waals surface area contributed by atoms with Gasteiger partial charge in [0.25, 0.3) is 0 Å². The normalized spacial score (nSPS) is 21.1. The number of sulfone groups is 1. The van der Waals surface area contributed by atoms with E-state index in [9.17, 15) is 8.42 Å². The zero-order valence-corrected chi connectivity index (χ0v) is 64.5. The van der Waals surface area contributed by atoms with Gasteiger partial charge in [0, 0.05) is 64.2 Å². The van der Waals surface area contributed by atoms with Gasteiger partial charge in [0.05, 0.1) is 57.5 Å². The van der Waals surface area contributed by atoms with Gasteiger partial charge in [0.1, 0.15) is 9.84 Å². The van der Waals surface area contributed by atoms with E-state index < -0.39 is 21.5 Å². The van der Waals surface area contributed by atoms with Crippen LogP contribution >= 0.6 is 0 Å². The summed E-state index contributed by atoms with van der Waals surface area (Å²) in [6, 6.07) is 11.3. The van der Waals surface area contributed by atoms with Crippen molar-refractivity contribution >= 4 is 9.84 Å². The highest BCUT2D eigenvalue weighted by molar-refractivity contribution is 7.90. The van der Waals surface area contributed by atoms with Crippen LogP contribution in [0.5, 0.6) is 0 Å². The van der Waals surface area contributed by atoms with Crippen LogP contribution in [-0.4, -0.2) is 237 Å². The summed E-state index contributed by atoms with van der Waals surface area (Å²) in [5.74, 6) is 4.06. The summed E-state index contributed by atoms with van der Waals surface area (Å²) < 4.78 is 47.1. The van der Waals surface area contributed by atoms with Crippen molar-refractivity contribution in [3.05, 3.63) is 35.9 Å². The number of rotatable bonds is 16. The molecule has 16 nitrogen and oxygen atoms in total. The summed E-state index contributed by atoms with van der Waals surface area (Å²) in [6.45, 7) is 50.0. The highest BCUT2D eigenvalue weighted by atomic mass is 32.2. The Labute approximate surface area is 571 Å². The van der Waals surface area contributed by atoms with Crippen LogP contribution in [0.4, 0.5) is 0 Å². The predicted octanol–water partition coefficient (Wildman–Crippen LogP) is 13.7. The molecule has 92 heavy (non-hydrogen) atoms. The van der Waals surface area contributed by atoms with Crippen molar-refractivity contribution in [2.75, 3.05) is 165 Å². The van der Waals surface area contributed by atoms with Gasteiger partial charge in [-0.05, 0) is 232 Å². The molecule has 554 valence electrons. The standard InChI is InChI=1S/C13H19NO.C8H17N.C7H15N.C7H14O.C6H13N.C6H12O2.C6H12O.C5H13N.C5H12O2S.C5H12O.C4H10O2.C3H8O/c1-2-13-11-15-9-8-14(13)10-12-6-4-3-5-7-12;1-2-6-9-7-4-3-5-8-9;1-7-3-5-8(2)6-4-7;1-2-7-4-3-5-8-6-7;1-6-2-4-7-5-3-6;1-2-6-5-7-3-4-8-6;1-6-2-4-7-5-3-6;1-4-5-6(2)3;1-3-4-5-8(2,6)7;1-4-5(2,3)6;1-2-4(6)3-5;1-2-3-4/h3-7,13H,2,8-11H2,1H3;2-8H2,1H3;7H,3-6H2,1-2H3;7H,2-6H2,1H3;6-7H,2-5H2,1H3;6H,2-5H2,1H3;6H,2-5H2,1H3;4-5H2,1-3H3;3-5H2,1-2H3;6H,4H2,1-3H3;4-6H,2-3H2,1H3;4H,2-3H2,1H3. The molecule has 7 saturated heterocycles. The van der Waals surface area contributed by atoms with E-state index in [1.807, 2.05) is 27.7 Å². The second-order valence-electron chi connectivity index (χ2n) is 27.1. The molecule has 0 radical (unpaired) electrons. The summed E-state index contributed by atoms with van der Waals surface area (Å²) in [5, 5.41) is 36.5. The lowest BCUT2D eigenvalue weighted by Gasteiger charge is -2.35. The van der Waals surface area contributed by atoms with E-state index in [-0.39, 0.29) is 6.61 Å². The first-order valence-corrected chi connectivity index (χ1v) is 39.2. The van der Waals surface area contributed by atoms with Crippen LogP contribution in [-0.2, 0) is 40.1 Å². The molecule has 0 amide bonds. The molecule has 4 atom stereocenters. The first-order valence-electron chi connectivity index (χ1n) is 37.2. The minimum Gasteiger partial charge on any atom is -0.396 e. The van der Waals surface area contributed by atoms with Crippen LogP contribution in [0.1, 0.15) is 237 Å². The maximum absolute atomic E-state index is 10.4. The minimum atomic E-state index is -2.69. The van der Waals surface area contributed by atoms with Gasteiger partial charge < -0.3 is 64.1 Å². The zero-order valence-electron chi connectivity index (χ0n) is 63.7. The Hall–Kier alpha value is -1.39. The van der Waals surface area contributed by atoms with Gasteiger partial charge >= 0.3 is 0 Å². The highest BCUT2D eigenvalue weighted by Crippen LogP contribution is 2.17. The number of aliphatic hydroxyl groups is 4. The van der Waals surface area contributed by atoms with Crippen LogP contribution < -0.4 is 5.32 Å². The Morgan fingerprint density at radius 2 is 1.21 bits per heavy atom. The van der Waals surface area contributed by atoms with E-state index in [1.54, 1.807) is 13.8 Å². The Morgan fingerprint density at radius 3 is 1.53 bits per heavy atom. The first kappa shape index (κ1) is 97.0. The van der Waals surface area contributed by atoms with Gasteiger partial charge in [0.15, 0.2) is 0 Å². The maximum Gasteiger partial charge on any atom is 0.147 e. The molecule has 7 fully saturated rings. The summed E-state index contributed by atoms with van der Waals surface area (Å²) in [7, 11) is 3.69. The van der Waals surface area contributed by atoms with Gasteiger partial charge in [-0.3, -0.25) is 4.90 Å². The molecule has 5 N–H and O–H groups in total. The lowest BCUT2D eigenvalue weighted by molar-refractivity contribution is -0.0887. The number of ether oxygens (including phenoxy) is 5. The Bertz CT molecular complexity index is 1610. The topological polar surface area (TPSA) is 186 Å².